The molecule has 162 valence electrons. The van der Waals surface area contributed by atoms with Crippen LogP contribution in [0.1, 0.15) is 55.3 Å². The van der Waals surface area contributed by atoms with Gasteiger partial charge in [-0.25, -0.2) is 4.39 Å². The number of carbonyl (C=O) groups is 3. The zero-order chi connectivity index (χ0) is 21.3. The van der Waals surface area contributed by atoms with Gasteiger partial charge in [-0.3, -0.25) is 14.4 Å². The fourth-order valence-electron chi connectivity index (χ4n) is 6.25. The fourth-order valence-corrected chi connectivity index (χ4v) is 6.25. The lowest BCUT2D eigenvalue weighted by atomic mass is 9.49. The molecule has 0 atom stereocenters. The average molecular weight is 417 g/mol. The summed E-state index contributed by atoms with van der Waals surface area (Å²) in [4.78, 5) is 36.7. The Kier molecular flexibility index (Phi) is 5.80. The number of halogens is 1. The third kappa shape index (κ3) is 4.50. The lowest BCUT2D eigenvalue weighted by molar-refractivity contribution is -0.143. The van der Waals surface area contributed by atoms with E-state index in [0.29, 0.717) is 6.42 Å². The maximum atomic E-state index is 13.4. The molecule has 4 bridgehead atoms. The number of Topliss-reactive ketones (excluding diaryl/α,β-unsaturated/α-hetero) is 1. The van der Waals surface area contributed by atoms with Gasteiger partial charge in [-0.15, -0.1) is 0 Å². The maximum absolute atomic E-state index is 13.4. The van der Waals surface area contributed by atoms with Gasteiger partial charge in [-0.1, -0.05) is 0 Å². The number of ketones is 1. The minimum absolute atomic E-state index is 0.0103. The fraction of sp³-hybridized carbons (Fsp3) is 0.609. The summed E-state index contributed by atoms with van der Waals surface area (Å²) < 4.78 is 23.4. The largest absolute Gasteiger partial charge is 0.496 e. The van der Waals surface area contributed by atoms with Crippen LogP contribution in [0, 0.1) is 29.0 Å². The molecule has 1 N–H and O–H groups in total. The van der Waals surface area contributed by atoms with E-state index in [1.54, 1.807) is 0 Å². The number of hydrogen-bond acceptors (Lipinski definition) is 5. The van der Waals surface area contributed by atoms with Gasteiger partial charge in [0.1, 0.15) is 18.1 Å². The Morgan fingerprint density at radius 2 is 1.73 bits per heavy atom. The van der Waals surface area contributed by atoms with Crippen LogP contribution in [-0.2, 0) is 14.3 Å². The third-order valence-corrected chi connectivity index (χ3v) is 6.96. The molecule has 0 spiro atoms. The molecule has 0 aliphatic heterocycles. The van der Waals surface area contributed by atoms with Gasteiger partial charge >= 0.3 is 5.97 Å². The molecule has 0 heterocycles. The van der Waals surface area contributed by atoms with Crippen molar-refractivity contribution in [1.29, 1.82) is 0 Å². The molecule has 0 unspecified atom stereocenters. The van der Waals surface area contributed by atoms with Crippen molar-refractivity contribution in [3.63, 3.8) is 0 Å². The van der Waals surface area contributed by atoms with E-state index in [2.05, 4.69) is 5.32 Å². The Balaban J connectivity index is 1.23. The Bertz CT molecular complexity index is 817. The number of ether oxygens (including phenoxy) is 2. The second-order valence-corrected chi connectivity index (χ2v) is 9.30. The summed E-state index contributed by atoms with van der Waals surface area (Å²) in [6.07, 6.45) is 7.79. The normalized spacial score (nSPS) is 28.8. The van der Waals surface area contributed by atoms with E-state index in [1.807, 2.05) is 0 Å². The number of methoxy groups -OCH3 is 1. The van der Waals surface area contributed by atoms with Crippen molar-refractivity contribution < 1.29 is 28.2 Å². The van der Waals surface area contributed by atoms with Crippen molar-refractivity contribution in [2.24, 2.45) is 23.2 Å². The highest BCUT2D eigenvalue weighted by Gasteiger charge is 2.51. The number of nitrogens with one attached hydrogen (secondary N) is 1. The van der Waals surface area contributed by atoms with E-state index in [4.69, 9.17) is 9.47 Å². The molecule has 1 aromatic carbocycles. The van der Waals surface area contributed by atoms with Crippen LogP contribution in [0.4, 0.5) is 4.39 Å². The van der Waals surface area contributed by atoms with Gasteiger partial charge in [0.2, 0.25) is 11.7 Å². The molecule has 5 rings (SSSR count). The second-order valence-electron chi connectivity index (χ2n) is 9.30. The monoisotopic (exact) mass is 417 g/mol. The first-order valence-corrected chi connectivity index (χ1v) is 10.6. The van der Waals surface area contributed by atoms with Crippen LogP contribution in [0.2, 0.25) is 0 Å². The van der Waals surface area contributed by atoms with E-state index in [0.717, 1.165) is 43.1 Å². The van der Waals surface area contributed by atoms with Crippen LogP contribution < -0.4 is 10.1 Å². The summed E-state index contributed by atoms with van der Waals surface area (Å²) >= 11 is 0. The Hall–Kier alpha value is -2.44. The van der Waals surface area contributed by atoms with Gasteiger partial charge in [0.05, 0.1) is 12.7 Å². The number of amides is 1. The first-order valence-electron chi connectivity index (χ1n) is 10.6. The average Bonchev–Trinajstić information content (AvgIpc) is 2.69. The van der Waals surface area contributed by atoms with Crippen LogP contribution >= 0.6 is 0 Å². The number of carbonyl (C=O) groups excluding carboxylic acids is 3. The summed E-state index contributed by atoms with van der Waals surface area (Å²) in [6, 6.07) is 3.57. The van der Waals surface area contributed by atoms with Gasteiger partial charge < -0.3 is 14.8 Å². The van der Waals surface area contributed by atoms with Gasteiger partial charge in [0.15, 0.2) is 6.61 Å². The summed E-state index contributed by atoms with van der Waals surface area (Å²) in [7, 11) is 1.37. The highest BCUT2D eigenvalue weighted by Crippen LogP contribution is 2.61. The maximum Gasteiger partial charge on any atom is 0.325 e. The molecule has 0 aromatic heterocycles. The van der Waals surface area contributed by atoms with E-state index in [9.17, 15) is 18.8 Å². The zero-order valence-corrected chi connectivity index (χ0v) is 17.2. The van der Waals surface area contributed by atoms with E-state index in [-0.39, 0.29) is 29.2 Å². The van der Waals surface area contributed by atoms with Crippen molar-refractivity contribution in [3.8, 4) is 5.75 Å². The number of rotatable bonds is 8. The smallest absolute Gasteiger partial charge is 0.325 e. The topological polar surface area (TPSA) is 81.7 Å². The zero-order valence-electron chi connectivity index (χ0n) is 17.2. The molecule has 0 radical (unpaired) electrons. The molecule has 1 aromatic rings. The van der Waals surface area contributed by atoms with Gasteiger partial charge in [0.25, 0.3) is 0 Å². The van der Waals surface area contributed by atoms with Gasteiger partial charge in [0, 0.05) is 6.42 Å². The summed E-state index contributed by atoms with van der Waals surface area (Å²) in [5, 5.41) is 2.64. The lowest BCUT2D eigenvalue weighted by Gasteiger charge is -2.56. The third-order valence-electron chi connectivity index (χ3n) is 6.96. The molecular formula is C23H28FNO5. The summed E-state index contributed by atoms with van der Waals surface area (Å²) in [5.41, 5.74) is 0.114. The standard InChI is InChI=1S/C23H28FNO5/c1-29-20-3-2-17(24)7-18(20)19(26)13-30-22(28)12-25-21(27)11-23-8-14-4-15(9-23)6-16(5-14)10-23/h2-3,7,14-16H,4-6,8-13H2,1H3,(H,25,27). The predicted molar refractivity (Wildman–Crippen MR) is 106 cm³/mol. The number of benzene rings is 1. The quantitative estimate of drug-likeness (QED) is 0.519. The van der Waals surface area contributed by atoms with Gasteiger partial charge in [-0.2, -0.15) is 0 Å². The van der Waals surface area contributed by atoms with E-state index in [1.165, 1.54) is 38.5 Å². The summed E-state index contributed by atoms with van der Waals surface area (Å²) in [6.45, 7) is -0.817. The van der Waals surface area contributed by atoms with Crippen molar-refractivity contribution in [3.05, 3.63) is 29.6 Å². The highest BCUT2D eigenvalue weighted by molar-refractivity contribution is 6.00. The second kappa shape index (κ2) is 8.36. The van der Waals surface area contributed by atoms with Crippen molar-refractivity contribution in [2.75, 3.05) is 20.3 Å². The molecular weight excluding hydrogens is 389 g/mol. The number of esters is 1. The molecule has 4 aliphatic carbocycles. The SMILES string of the molecule is COc1ccc(F)cc1C(=O)COC(=O)CNC(=O)CC12CC3CC(CC(C3)C1)C2. The number of hydrogen-bond donors (Lipinski definition) is 1. The minimum atomic E-state index is -0.697. The first kappa shape index (κ1) is 20.8. The van der Waals surface area contributed by atoms with Crippen LogP contribution in [0.25, 0.3) is 0 Å². The predicted octanol–water partition coefficient (Wildman–Crippen LogP) is 3.28. The van der Waals surface area contributed by atoms with Crippen LogP contribution in [0.5, 0.6) is 5.75 Å². The van der Waals surface area contributed by atoms with Crippen molar-refractivity contribution in [1.82, 2.24) is 5.32 Å². The lowest BCUT2D eigenvalue weighted by Crippen LogP contribution is -2.48. The Labute approximate surface area is 175 Å². The molecule has 30 heavy (non-hydrogen) atoms. The minimum Gasteiger partial charge on any atom is -0.496 e. The summed E-state index contributed by atoms with van der Waals surface area (Å²) in [5.74, 6) is 0.521. The molecule has 4 saturated carbocycles. The van der Waals surface area contributed by atoms with Gasteiger partial charge in [-0.05, 0) is 79.9 Å². The first-order chi connectivity index (χ1) is 14.4. The molecule has 7 heteroatoms. The molecule has 1 amide bonds. The van der Waals surface area contributed by atoms with Crippen molar-refractivity contribution in [2.45, 2.75) is 44.9 Å². The Morgan fingerprint density at radius 1 is 1.10 bits per heavy atom. The molecule has 4 fully saturated rings. The molecule has 4 aliphatic rings. The molecule has 6 nitrogen and oxygen atoms in total. The van der Waals surface area contributed by atoms with Crippen molar-refractivity contribution >= 4 is 17.7 Å². The van der Waals surface area contributed by atoms with Crippen LogP contribution in [0.15, 0.2) is 18.2 Å². The van der Waals surface area contributed by atoms with Crippen LogP contribution in [0.3, 0.4) is 0 Å². The highest BCUT2D eigenvalue weighted by atomic mass is 19.1. The van der Waals surface area contributed by atoms with E-state index < -0.39 is 24.2 Å². The Morgan fingerprint density at radius 3 is 2.33 bits per heavy atom. The molecule has 0 saturated heterocycles. The van der Waals surface area contributed by atoms with Crippen LogP contribution in [-0.4, -0.2) is 37.9 Å². The van der Waals surface area contributed by atoms with E-state index >= 15 is 0 Å².